The molecule has 3 amide bonds. The minimum atomic E-state index is -0.873. The molecule has 1 aliphatic rings. The van der Waals surface area contributed by atoms with Gasteiger partial charge in [-0.3, -0.25) is 25.2 Å². The summed E-state index contributed by atoms with van der Waals surface area (Å²) in [5.74, 6) is -0.728. The second-order valence-electron chi connectivity index (χ2n) is 5.58. The number of hydrogen-bond acceptors (Lipinski definition) is 5. The minimum absolute atomic E-state index is 0.0886. The standard InChI is InChI=1S/C17H23N3O5/c1-2-24-13-6-3-4-7-14(13)25-11-5-8-15(21)19-20-17(23)16(22)18-12-9-10-12/h3-4,6-7,12H,2,5,8-11H2,1H3,(H,18,22)(H,19,21)(H,20,23). The Morgan fingerprint density at radius 2 is 1.72 bits per heavy atom. The lowest BCUT2D eigenvalue weighted by Gasteiger charge is -2.11. The molecule has 0 unspecified atom stereocenters. The molecule has 0 bridgehead atoms. The number of nitrogens with one attached hydrogen (secondary N) is 3. The van der Waals surface area contributed by atoms with Crippen LogP contribution < -0.4 is 25.6 Å². The molecular formula is C17H23N3O5. The minimum Gasteiger partial charge on any atom is -0.490 e. The number of carbonyl (C=O) groups excluding carboxylic acids is 3. The lowest BCUT2D eigenvalue weighted by molar-refractivity contribution is -0.141. The first-order valence-corrected chi connectivity index (χ1v) is 8.34. The van der Waals surface area contributed by atoms with Crippen molar-refractivity contribution in [2.45, 2.75) is 38.6 Å². The Morgan fingerprint density at radius 1 is 1.04 bits per heavy atom. The van der Waals surface area contributed by atoms with Crippen molar-refractivity contribution in [2.75, 3.05) is 13.2 Å². The maximum atomic E-state index is 11.6. The summed E-state index contributed by atoms with van der Waals surface area (Å²) in [6.07, 6.45) is 2.38. The Labute approximate surface area is 146 Å². The van der Waals surface area contributed by atoms with Crippen LogP contribution in [0.4, 0.5) is 0 Å². The summed E-state index contributed by atoms with van der Waals surface area (Å²) in [7, 11) is 0. The third-order valence-corrected chi connectivity index (χ3v) is 3.39. The van der Waals surface area contributed by atoms with Gasteiger partial charge in [-0.1, -0.05) is 12.1 Å². The molecule has 1 aromatic rings. The fraction of sp³-hybridized carbons (Fsp3) is 0.471. The van der Waals surface area contributed by atoms with E-state index >= 15 is 0 Å². The Balaban J connectivity index is 1.60. The van der Waals surface area contributed by atoms with Crippen LogP contribution in [0.25, 0.3) is 0 Å². The molecule has 136 valence electrons. The summed E-state index contributed by atoms with van der Waals surface area (Å²) < 4.78 is 11.0. The van der Waals surface area contributed by atoms with Gasteiger partial charge in [0.15, 0.2) is 11.5 Å². The zero-order chi connectivity index (χ0) is 18.1. The molecule has 0 heterocycles. The molecule has 0 aliphatic heterocycles. The number of rotatable bonds is 8. The molecule has 3 N–H and O–H groups in total. The van der Waals surface area contributed by atoms with E-state index in [1.165, 1.54) is 0 Å². The molecule has 0 aromatic heterocycles. The number of carbonyl (C=O) groups is 3. The molecule has 2 rings (SSSR count). The zero-order valence-electron chi connectivity index (χ0n) is 14.2. The summed E-state index contributed by atoms with van der Waals surface area (Å²) in [5.41, 5.74) is 4.30. The zero-order valence-corrected chi connectivity index (χ0v) is 14.2. The number of ether oxygens (including phenoxy) is 2. The first-order valence-electron chi connectivity index (χ1n) is 8.34. The fourth-order valence-electron chi connectivity index (χ4n) is 1.98. The van der Waals surface area contributed by atoms with Gasteiger partial charge in [0.1, 0.15) is 0 Å². The fourth-order valence-corrected chi connectivity index (χ4v) is 1.98. The first kappa shape index (κ1) is 18.6. The van der Waals surface area contributed by atoms with E-state index in [1.54, 1.807) is 6.07 Å². The van der Waals surface area contributed by atoms with E-state index in [0.717, 1.165) is 12.8 Å². The van der Waals surface area contributed by atoms with Crippen molar-refractivity contribution in [3.8, 4) is 11.5 Å². The third kappa shape index (κ3) is 6.70. The van der Waals surface area contributed by atoms with Crippen molar-refractivity contribution in [1.82, 2.24) is 16.2 Å². The molecule has 1 saturated carbocycles. The maximum absolute atomic E-state index is 11.6. The lowest BCUT2D eigenvalue weighted by Crippen LogP contribution is -2.48. The summed E-state index contributed by atoms with van der Waals surface area (Å²) in [5, 5.41) is 2.53. The van der Waals surface area contributed by atoms with E-state index in [-0.39, 0.29) is 12.5 Å². The SMILES string of the molecule is CCOc1ccccc1OCCCC(=O)NNC(=O)C(=O)NC1CC1. The molecule has 0 radical (unpaired) electrons. The normalized spacial score (nSPS) is 12.8. The van der Waals surface area contributed by atoms with Crippen LogP contribution in [0.5, 0.6) is 11.5 Å². The smallest absolute Gasteiger partial charge is 0.327 e. The van der Waals surface area contributed by atoms with Crippen LogP contribution in [0, 0.1) is 0 Å². The highest BCUT2D eigenvalue weighted by Gasteiger charge is 2.26. The average Bonchev–Trinajstić information content (AvgIpc) is 3.42. The molecule has 8 nitrogen and oxygen atoms in total. The predicted molar refractivity (Wildman–Crippen MR) is 89.8 cm³/mol. The van der Waals surface area contributed by atoms with Gasteiger partial charge in [0.2, 0.25) is 5.91 Å². The quantitative estimate of drug-likeness (QED) is 0.363. The third-order valence-electron chi connectivity index (χ3n) is 3.39. The molecule has 0 spiro atoms. The van der Waals surface area contributed by atoms with Crippen LogP contribution >= 0.6 is 0 Å². The van der Waals surface area contributed by atoms with Gasteiger partial charge in [0, 0.05) is 12.5 Å². The summed E-state index contributed by atoms with van der Waals surface area (Å²) in [6, 6.07) is 7.39. The summed E-state index contributed by atoms with van der Waals surface area (Å²) in [4.78, 5) is 34.5. The Hall–Kier alpha value is -2.77. The Bertz CT molecular complexity index is 616. The molecule has 1 aliphatic carbocycles. The lowest BCUT2D eigenvalue weighted by atomic mass is 10.3. The first-order chi connectivity index (χ1) is 12.1. The highest BCUT2D eigenvalue weighted by Crippen LogP contribution is 2.26. The second-order valence-corrected chi connectivity index (χ2v) is 5.58. The van der Waals surface area contributed by atoms with Crippen LogP contribution in [-0.4, -0.2) is 37.0 Å². The molecule has 8 heteroatoms. The molecule has 25 heavy (non-hydrogen) atoms. The Kier molecular flexibility index (Phi) is 7.06. The highest BCUT2D eigenvalue weighted by molar-refractivity contribution is 6.35. The van der Waals surface area contributed by atoms with Gasteiger partial charge in [-0.25, -0.2) is 0 Å². The van der Waals surface area contributed by atoms with Crippen molar-refractivity contribution in [3.63, 3.8) is 0 Å². The highest BCUT2D eigenvalue weighted by atomic mass is 16.5. The number of para-hydroxylation sites is 2. The van der Waals surface area contributed by atoms with E-state index < -0.39 is 17.7 Å². The van der Waals surface area contributed by atoms with Crippen LogP contribution in [0.3, 0.4) is 0 Å². The van der Waals surface area contributed by atoms with Crippen LogP contribution in [0.1, 0.15) is 32.6 Å². The number of hydrogen-bond donors (Lipinski definition) is 3. The average molecular weight is 349 g/mol. The van der Waals surface area contributed by atoms with Crippen LogP contribution in [-0.2, 0) is 14.4 Å². The van der Waals surface area contributed by atoms with Crippen LogP contribution in [0.2, 0.25) is 0 Å². The molecule has 1 fully saturated rings. The van der Waals surface area contributed by atoms with Gasteiger partial charge < -0.3 is 14.8 Å². The van der Waals surface area contributed by atoms with E-state index in [2.05, 4.69) is 16.2 Å². The van der Waals surface area contributed by atoms with Gasteiger partial charge in [-0.2, -0.15) is 0 Å². The van der Waals surface area contributed by atoms with Gasteiger partial charge in [0.05, 0.1) is 13.2 Å². The number of hydrazine groups is 1. The number of amides is 3. The van der Waals surface area contributed by atoms with Gasteiger partial charge in [-0.05, 0) is 38.3 Å². The van der Waals surface area contributed by atoms with E-state index in [1.807, 2.05) is 25.1 Å². The second kappa shape index (κ2) is 9.51. The van der Waals surface area contributed by atoms with Gasteiger partial charge in [0.25, 0.3) is 0 Å². The molecule has 0 atom stereocenters. The van der Waals surface area contributed by atoms with Crippen molar-refractivity contribution in [3.05, 3.63) is 24.3 Å². The van der Waals surface area contributed by atoms with Gasteiger partial charge in [-0.15, -0.1) is 0 Å². The van der Waals surface area contributed by atoms with Crippen molar-refractivity contribution >= 4 is 17.7 Å². The van der Waals surface area contributed by atoms with Crippen LogP contribution in [0.15, 0.2) is 24.3 Å². The van der Waals surface area contributed by atoms with E-state index in [9.17, 15) is 14.4 Å². The van der Waals surface area contributed by atoms with E-state index in [0.29, 0.717) is 31.1 Å². The number of benzene rings is 1. The molecule has 1 aromatic carbocycles. The van der Waals surface area contributed by atoms with Crippen molar-refractivity contribution in [1.29, 1.82) is 0 Å². The predicted octanol–water partition coefficient (Wildman–Crippen LogP) is 0.670. The van der Waals surface area contributed by atoms with Crippen molar-refractivity contribution in [2.24, 2.45) is 0 Å². The summed E-state index contributed by atoms with van der Waals surface area (Å²) in [6.45, 7) is 2.75. The molecular weight excluding hydrogens is 326 g/mol. The van der Waals surface area contributed by atoms with E-state index in [4.69, 9.17) is 9.47 Å². The molecule has 0 saturated heterocycles. The van der Waals surface area contributed by atoms with Gasteiger partial charge >= 0.3 is 11.8 Å². The maximum Gasteiger partial charge on any atom is 0.327 e. The Morgan fingerprint density at radius 3 is 2.36 bits per heavy atom. The topological polar surface area (TPSA) is 106 Å². The monoisotopic (exact) mass is 349 g/mol. The van der Waals surface area contributed by atoms with Crippen molar-refractivity contribution < 1.29 is 23.9 Å². The largest absolute Gasteiger partial charge is 0.490 e. The summed E-state index contributed by atoms with van der Waals surface area (Å²) >= 11 is 0.